The molecule has 1 saturated heterocycles. The van der Waals surface area contributed by atoms with Crippen LogP contribution < -0.4 is 5.32 Å². The van der Waals surface area contributed by atoms with E-state index in [-0.39, 0.29) is 5.97 Å². The van der Waals surface area contributed by atoms with Crippen LogP contribution in [0.15, 0.2) is 42.5 Å². The van der Waals surface area contributed by atoms with Crippen molar-refractivity contribution in [1.82, 2.24) is 14.8 Å². The van der Waals surface area contributed by atoms with Crippen LogP contribution in [-0.2, 0) is 11.3 Å². The summed E-state index contributed by atoms with van der Waals surface area (Å²) in [6.45, 7) is 8.81. The van der Waals surface area contributed by atoms with Gasteiger partial charge in [-0.05, 0) is 51.1 Å². The maximum Gasteiger partial charge on any atom is 0.337 e. The lowest BCUT2D eigenvalue weighted by molar-refractivity contribution is 0.0601. The summed E-state index contributed by atoms with van der Waals surface area (Å²) < 4.78 is 7.29. The van der Waals surface area contributed by atoms with Gasteiger partial charge >= 0.3 is 5.97 Å². The third-order valence-electron chi connectivity index (χ3n) is 5.68. The van der Waals surface area contributed by atoms with Gasteiger partial charge in [0, 0.05) is 53.5 Å². The highest BCUT2D eigenvalue weighted by Crippen LogP contribution is 2.30. The summed E-state index contributed by atoms with van der Waals surface area (Å²) in [5, 5.41) is 5.90. The lowest BCUT2D eigenvalue weighted by Gasteiger charge is -2.36. The van der Waals surface area contributed by atoms with E-state index in [0.29, 0.717) is 17.6 Å². The molecule has 0 radical (unpaired) electrons. The average Bonchev–Trinajstić information content (AvgIpc) is 3.00. The zero-order chi connectivity index (χ0) is 19.7. The lowest BCUT2D eigenvalue weighted by atomic mass is 10.1. The highest BCUT2D eigenvalue weighted by Gasteiger charge is 2.20. The first kappa shape index (κ1) is 19.0. The first-order chi connectivity index (χ1) is 13.6. The van der Waals surface area contributed by atoms with Crippen molar-refractivity contribution < 1.29 is 9.53 Å². The molecule has 0 spiro atoms. The zero-order valence-electron chi connectivity index (χ0n) is 16.9. The number of aryl methyl sites for hydroxylation is 1. The molecule has 4 rings (SSSR count). The van der Waals surface area contributed by atoms with Gasteiger partial charge in [0.05, 0.1) is 12.7 Å². The third kappa shape index (κ3) is 3.64. The van der Waals surface area contributed by atoms with Crippen LogP contribution in [0, 0.1) is 0 Å². The standard InChI is InChI=1S/C23H29N3O2/c1-16-14-25(15-17(2)24-16)11-6-12-26-21-8-5-4-7-19(21)20-13-18(23(27)28-3)9-10-22(20)26/h4-5,7-10,13,16-17,24H,6,11-12,14-15H2,1-3H3/t16-,17+. The fraction of sp³-hybridized carbons (Fsp3) is 0.435. The zero-order valence-corrected chi connectivity index (χ0v) is 16.9. The number of carbonyl (C=O) groups excluding carboxylic acids is 1. The molecule has 148 valence electrons. The molecule has 2 atom stereocenters. The van der Waals surface area contributed by atoms with Gasteiger partial charge in [-0.3, -0.25) is 0 Å². The number of esters is 1. The monoisotopic (exact) mass is 379 g/mol. The second kappa shape index (κ2) is 7.94. The van der Waals surface area contributed by atoms with Gasteiger partial charge < -0.3 is 19.5 Å². The van der Waals surface area contributed by atoms with Crippen molar-refractivity contribution in [1.29, 1.82) is 0 Å². The fourth-order valence-electron chi connectivity index (χ4n) is 4.61. The molecule has 0 bridgehead atoms. The Kier molecular flexibility index (Phi) is 5.38. The van der Waals surface area contributed by atoms with Crippen molar-refractivity contribution in [2.45, 2.75) is 38.9 Å². The molecular weight excluding hydrogens is 350 g/mol. The van der Waals surface area contributed by atoms with Crippen LogP contribution in [0.2, 0.25) is 0 Å². The molecule has 1 aliphatic rings. The Morgan fingerprint density at radius 1 is 1.04 bits per heavy atom. The van der Waals surface area contributed by atoms with E-state index in [2.05, 4.69) is 59.0 Å². The smallest absolute Gasteiger partial charge is 0.337 e. The summed E-state index contributed by atoms with van der Waals surface area (Å²) in [4.78, 5) is 14.5. The van der Waals surface area contributed by atoms with Crippen LogP contribution >= 0.6 is 0 Å². The number of rotatable bonds is 5. The Balaban J connectivity index is 1.60. The van der Waals surface area contributed by atoms with Crippen LogP contribution in [-0.4, -0.2) is 54.3 Å². The van der Waals surface area contributed by atoms with Crippen LogP contribution in [0.1, 0.15) is 30.6 Å². The van der Waals surface area contributed by atoms with Gasteiger partial charge in [0.25, 0.3) is 0 Å². The highest BCUT2D eigenvalue weighted by atomic mass is 16.5. The van der Waals surface area contributed by atoms with Crippen LogP contribution in [0.25, 0.3) is 21.8 Å². The summed E-state index contributed by atoms with van der Waals surface area (Å²) in [6, 6.07) is 15.4. The number of nitrogens with one attached hydrogen (secondary N) is 1. The Morgan fingerprint density at radius 3 is 2.50 bits per heavy atom. The summed E-state index contributed by atoms with van der Waals surface area (Å²) >= 11 is 0. The average molecular weight is 380 g/mol. The predicted molar refractivity (Wildman–Crippen MR) is 114 cm³/mol. The molecule has 0 saturated carbocycles. The number of ether oxygens (including phenoxy) is 1. The molecule has 1 aliphatic heterocycles. The molecule has 1 fully saturated rings. The number of benzene rings is 2. The minimum Gasteiger partial charge on any atom is -0.465 e. The quantitative estimate of drug-likeness (QED) is 0.688. The number of para-hydroxylation sites is 1. The fourth-order valence-corrected chi connectivity index (χ4v) is 4.61. The maximum atomic E-state index is 12.0. The Hall–Kier alpha value is -2.37. The lowest BCUT2D eigenvalue weighted by Crippen LogP contribution is -2.54. The molecular formula is C23H29N3O2. The number of hydrogen-bond acceptors (Lipinski definition) is 4. The van der Waals surface area contributed by atoms with Gasteiger partial charge in [-0.15, -0.1) is 0 Å². The molecule has 3 aromatic rings. The minimum atomic E-state index is -0.291. The SMILES string of the molecule is COC(=O)c1ccc2c(c1)c1ccccc1n2CCCN1C[C@@H](C)N[C@@H](C)C1. The molecule has 28 heavy (non-hydrogen) atoms. The first-order valence-electron chi connectivity index (χ1n) is 10.1. The number of aromatic nitrogens is 1. The summed E-state index contributed by atoms with van der Waals surface area (Å²) in [5.74, 6) is -0.291. The molecule has 0 aliphatic carbocycles. The van der Waals surface area contributed by atoms with E-state index < -0.39 is 0 Å². The Morgan fingerprint density at radius 2 is 1.75 bits per heavy atom. The molecule has 2 heterocycles. The number of fused-ring (bicyclic) bond motifs is 3. The van der Waals surface area contributed by atoms with Gasteiger partial charge in [0.2, 0.25) is 0 Å². The van der Waals surface area contributed by atoms with Crippen molar-refractivity contribution in [2.24, 2.45) is 0 Å². The topological polar surface area (TPSA) is 46.5 Å². The van der Waals surface area contributed by atoms with E-state index in [1.807, 2.05) is 12.1 Å². The number of nitrogens with zero attached hydrogens (tertiary/aromatic N) is 2. The number of piperazine rings is 1. The molecule has 2 aromatic carbocycles. The first-order valence-corrected chi connectivity index (χ1v) is 10.1. The van der Waals surface area contributed by atoms with Gasteiger partial charge in [-0.2, -0.15) is 0 Å². The van der Waals surface area contributed by atoms with Crippen LogP contribution in [0.3, 0.4) is 0 Å². The number of carbonyl (C=O) groups is 1. The molecule has 5 nitrogen and oxygen atoms in total. The molecule has 1 aromatic heterocycles. The van der Waals surface area contributed by atoms with E-state index in [4.69, 9.17) is 4.74 Å². The van der Waals surface area contributed by atoms with Gasteiger partial charge in [-0.1, -0.05) is 18.2 Å². The summed E-state index contributed by atoms with van der Waals surface area (Å²) in [5.41, 5.74) is 3.00. The summed E-state index contributed by atoms with van der Waals surface area (Å²) in [7, 11) is 1.42. The van der Waals surface area contributed by atoms with E-state index in [1.54, 1.807) is 0 Å². The van der Waals surface area contributed by atoms with E-state index in [1.165, 1.54) is 23.5 Å². The van der Waals surface area contributed by atoms with Crippen molar-refractivity contribution >= 4 is 27.8 Å². The van der Waals surface area contributed by atoms with E-state index >= 15 is 0 Å². The van der Waals surface area contributed by atoms with Crippen molar-refractivity contribution in [3.63, 3.8) is 0 Å². The third-order valence-corrected chi connectivity index (χ3v) is 5.68. The van der Waals surface area contributed by atoms with Crippen LogP contribution in [0.5, 0.6) is 0 Å². The predicted octanol–water partition coefficient (Wildman–Crippen LogP) is 3.65. The number of hydrogen-bond donors (Lipinski definition) is 1. The van der Waals surface area contributed by atoms with Crippen LogP contribution in [0.4, 0.5) is 0 Å². The van der Waals surface area contributed by atoms with Gasteiger partial charge in [0.1, 0.15) is 0 Å². The Labute approximate surface area is 166 Å². The normalized spacial score (nSPS) is 20.7. The van der Waals surface area contributed by atoms with Gasteiger partial charge in [0.15, 0.2) is 0 Å². The molecule has 5 heteroatoms. The second-order valence-electron chi connectivity index (χ2n) is 7.97. The van der Waals surface area contributed by atoms with Gasteiger partial charge in [-0.25, -0.2) is 4.79 Å². The van der Waals surface area contributed by atoms with Crippen molar-refractivity contribution in [2.75, 3.05) is 26.7 Å². The molecule has 1 N–H and O–H groups in total. The van der Waals surface area contributed by atoms with Crippen molar-refractivity contribution in [3.8, 4) is 0 Å². The summed E-state index contributed by atoms with van der Waals surface area (Å²) in [6.07, 6.45) is 1.10. The second-order valence-corrected chi connectivity index (χ2v) is 7.97. The Bertz CT molecular complexity index is 984. The maximum absolute atomic E-state index is 12.0. The minimum absolute atomic E-state index is 0.291. The van der Waals surface area contributed by atoms with E-state index in [0.717, 1.165) is 38.0 Å². The van der Waals surface area contributed by atoms with E-state index in [9.17, 15) is 4.79 Å². The molecule has 0 amide bonds. The number of methoxy groups -OCH3 is 1. The largest absolute Gasteiger partial charge is 0.465 e. The highest BCUT2D eigenvalue weighted by molar-refractivity contribution is 6.10. The van der Waals surface area contributed by atoms with Crippen molar-refractivity contribution in [3.05, 3.63) is 48.0 Å². The molecule has 0 unspecified atom stereocenters.